The highest BCUT2D eigenvalue weighted by Crippen LogP contribution is 2.40. The van der Waals surface area contributed by atoms with Crippen LogP contribution in [0.4, 0.5) is 5.69 Å². The summed E-state index contributed by atoms with van der Waals surface area (Å²) in [5, 5.41) is 2.84. The number of nitrogens with zero attached hydrogens (tertiary/aromatic N) is 1. The van der Waals surface area contributed by atoms with Gasteiger partial charge in [0, 0.05) is 25.6 Å². The quantitative estimate of drug-likeness (QED) is 0.922. The van der Waals surface area contributed by atoms with Crippen LogP contribution >= 0.6 is 11.3 Å². The monoisotopic (exact) mass is 290 g/mol. The van der Waals surface area contributed by atoms with Crippen molar-refractivity contribution in [2.75, 3.05) is 5.32 Å². The zero-order chi connectivity index (χ0) is 14.3. The average Bonchev–Trinajstić information content (AvgIpc) is 2.90. The SMILES string of the molecule is Cc1ncsc1C(=O)Nc1ccc2c(c1)OC(C)(C)O2. The zero-order valence-electron chi connectivity index (χ0n) is 11.4. The number of anilines is 1. The van der Waals surface area contributed by atoms with Crippen LogP contribution in [0.15, 0.2) is 23.7 Å². The highest BCUT2D eigenvalue weighted by Gasteiger charge is 2.31. The van der Waals surface area contributed by atoms with Gasteiger partial charge in [0.2, 0.25) is 5.79 Å². The van der Waals surface area contributed by atoms with Crippen LogP contribution in [0.25, 0.3) is 0 Å². The van der Waals surface area contributed by atoms with E-state index >= 15 is 0 Å². The van der Waals surface area contributed by atoms with Crippen molar-refractivity contribution in [3.05, 3.63) is 34.3 Å². The lowest BCUT2D eigenvalue weighted by Crippen LogP contribution is -2.29. The summed E-state index contributed by atoms with van der Waals surface area (Å²) in [5.74, 6) is 0.484. The summed E-state index contributed by atoms with van der Waals surface area (Å²) in [4.78, 5) is 16.8. The molecule has 1 N–H and O–H groups in total. The molecule has 0 fully saturated rings. The number of aryl methyl sites for hydroxylation is 1. The van der Waals surface area contributed by atoms with Gasteiger partial charge in [0.25, 0.3) is 5.91 Å². The first-order chi connectivity index (χ1) is 9.44. The lowest BCUT2D eigenvalue weighted by Gasteiger charge is -2.16. The van der Waals surface area contributed by atoms with Crippen LogP contribution in [-0.2, 0) is 0 Å². The number of thiazole rings is 1. The third kappa shape index (κ3) is 2.34. The van der Waals surface area contributed by atoms with Gasteiger partial charge in [-0.2, -0.15) is 0 Å². The lowest BCUT2D eigenvalue weighted by atomic mass is 10.2. The molecule has 1 amide bonds. The molecule has 0 bridgehead atoms. The lowest BCUT2D eigenvalue weighted by molar-refractivity contribution is -0.0431. The summed E-state index contributed by atoms with van der Waals surface area (Å²) in [6, 6.07) is 5.34. The second-order valence-electron chi connectivity index (χ2n) is 4.99. The van der Waals surface area contributed by atoms with E-state index < -0.39 is 5.79 Å². The maximum atomic E-state index is 12.1. The normalized spacial score (nSPS) is 15.2. The molecule has 1 aromatic heterocycles. The van der Waals surface area contributed by atoms with Crippen LogP contribution in [0.3, 0.4) is 0 Å². The molecule has 1 aliphatic heterocycles. The number of ether oxygens (including phenoxy) is 2. The van der Waals surface area contributed by atoms with Gasteiger partial charge in [0.15, 0.2) is 11.5 Å². The second kappa shape index (κ2) is 4.49. The number of amides is 1. The number of hydrogen-bond acceptors (Lipinski definition) is 5. The molecule has 104 valence electrons. The second-order valence-corrected chi connectivity index (χ2v) is 5.84. The Kier molecular flexibility index (Phi) is 2.90. The van der Waals surface area contributed by atoms with Gasteiger partial charge < -0.3 is 14.8 Å². The van der Waals surface area contributed by atoms with E-state index in [4.69, 9.17) is 9.47 Å². The van der Waals surface area contributed by atoms with Crippen molar-refractivity contribution in [2.45, 2.75) is 26.6 Å². The Bertz CT molecular complexity index is 679. The number of carbonyl (C=O) groups is 1. The number of rotatable bonds is 2. The highest BCUT2D eigenvalue weighted by molar-refractivity contribution is 7.12. The van der Waals surface area contributed by atoms with Crippen molar-refractivity contribution < 1.29 is 14.3 Å². The molecule has 0 radical (unpaired) electrons. The van der Waals surface area contributed by atoms with E-state index in [-0.39, 0.29) is 5.91 Å². The van der Waals surface area contributed by atoms with Gasteiger partial charge in [-0.05, 0) is 19.1 Å². The van der Waals surface area contributed by atoms with Crippen molar-refractivity contribution in [1.82, 2.24) is 4.98 Å². The standard InChI is InChI=1S/C14H14N2O3S/c1-8-12(20-7-15-8)13(17)16-9-4-5-10-11(6-9)19-14(2,3)18-10/h4-7H,1-3H3,(H,16,17). The Hall–Kier alpha value is -2.08. The molecule has 2 heterocycles. The fraction of sp³-hybridized carbons (Fsp3) is 0.286. The first-order valence-electron chi connectivity index (χ1n) is 6.18. The zero-order valence-corrected chi connectivity index (χ0v) is 12.2. The largest absolute Gasteiger partial charge is 0.449 e. The molecule has 1 aromatic carbocycles. The Morgan fingerprint density at radius 1 is 1.30 bits per heavy atom. The minimum Gasteiger partial charge on any atom is -0.449 e. The fourth-order valence-corrected chi connectivity index (χ4v) is 2.71. The average molecular weight is 290 g/mol. The molecule has 1 aliphatic rings. The predicted octanol–water partition coefficient (Wildman–Crippen LogP) is 3.21. The fourth-order valence-electron chi connectivity index (χ4n) is 2.01. The molecule has 0 saturated carbocycles. The molecule has 6 heteroatoms. The van der Waals surface area contributed by atoms with E-state index in [1.807, 2.05) is 20.8 Å². The summed E-state index contributed by atoms with van der Waals surface area (Å²) in [7, 11) is 0. The predicted molar refractivity (Wildman–Crippen MR) is 76.6 cm³/mol. The van der Waals surface area contributed by atoms with Crippen molar-refractivity contribution in [2.24, 2.45) is 0 Å². The molecule has 0 unspecified atom stereocenters. The van der Waals surface area contributed by atoms with Crippen LogP contribution in [0.1, 0.15) is 29.2 Å². The molecule has 3 rings (SSSR count). The number of benzene rings is 1. The van der Waals surface area contributed by atoms with E-state index in [1.165, 1.54) is 11.3 Å². The number of carbonyl (C=O) groups excluding carboxylic acids is 1. The van der Waals surface area contributed by atoms with E-state index in [9.17, 15) is 4.79 Å². The van der Waals surface area contributed by atoms with Gasteiger partial charge in [0.05, 0.1) is 11.2 Å². The van der Waals surface area contributed by atoms with Gasteiger partial charge >= 0.3 is 0 Å². The summed E-state index contributed by atoms with van der Waals surface area (Å²) in [5.41, 5.74) is 3.06. The molecule has 20 heavy (non-hydrogen) atoms. The van der Waals surface area contributed by atoms with Crippen LogP contribution in [0.5, 0.6) is 11.5 Å². The summed E-state index contributed by atoms with van der Waals surface area (Å²) in [6.07, 6.45) is 0. The smallest absolute Gasteiger partial charge is 0.267 e. The Morgan fingerprint density at radius 3 is 2.75 bits per heavy atom. The highest BCUT2D eigenvalue weighted by atomic mass is 32.1. The van der Waals surface area contributed by atoms with Crippen molar-refractivity contribution in [1.29, 1.82) is 0 Å². The van der Waals surface area contributed by atoms with Gasteiger partial charge in [-0.3, -0.25) is 4.79 Å². The summed E-state index contributed by atoms with van der Waals surface area (Å²) in [6.45, 7) is 5.49. The first-order valence-corrected chi connectivity index (χ1v) is 7.06. The molecule has 0 atom stereocenters. The van der Waals surface area contributed by atoms with Crippen LogP contribution in [0, 0.1) is 6.92 Å². The third-order valence-electron chi connectivity index (χ3n) is 2.86. The van der Waals surface area contributed by atoms with E-state index in [0.29, 0.717) is 22.1 Å². The number of hydrogen-bond donors (Lipinski definition) is 1. The van der Waals surface area contributed by atoms with Crippen LogP contribution < -0.4 is 14.8 Å². The number of nitrogens with one attached hydrogen (secondary N) is 1. The molecule has 0 saturated heterocycles. The number of fused-ring (bicyclic) bond motifs is 1. The van der Waals surface area contributed by atoms with Crippen molar-refractivity contribution in [3.8, 4) is 11.5 Å². The van der Waals surface area contributed by atoms with Crippen LogP contribution in [-0.4, -0.2) is 16.7 Å². The maximum absolute atomic E-state index is 12.1. The maximum Gasteiger partial charge on any atom is 0.267 e. The van der Waals surface area contributed by atoms with Crippen molar-refractivity contribution in [3.63, 3.8) is 0 Å². The molecule has 2 aromatic rings. The van der Waals surface area contributed by atoms with E-state index in [0.717, 1.165) is 5.69 Å². The molecule has 5 nitrogen and oxygen atoms in total. The Labute approximate surface area is 120 Å². The third-order valence-corrected chi connectivity index (χ3v) is 3.79. The van der Waals surface area contributed by atoms with Gasteiger partial charge in [0.1, 0.15) is 4.88 Å². The van der Waals surface area contributed by atoms with Gasteiger partial charge in [-0.15, -0.1) is 11.3 Å². The first kappa shape index (κ1) is 12.9. The Morgan fingerprint density at radius 2 is 2.05 bits per heavy atom. The van der Waals surface area contributed by atoms with Gasteiger partial charge in [-0.25, -0.2) is 4.98 Å². The van der Waals surface area contributed by atoms with Crippen LogP contribution in [0.2, 0.25) is 0 Å². The van der Waals surface area contributed by atoms with Gasteiger partial charge in [-0.1, -0.05) is 0 Å². The molecular formula is C14H14N2O3S. The number of aromatic nitrogens is 1. The summed E-state index contributed by atoms with van der Waals surface area (Å²) >= 11 is 1.32. The Balaban J connectivity index is 1.80. The molecule has 0 aliphatic carbocycles. The topological polar surface area (TPSA) is 60.5 Å². The van der Waals surface area contributed by atoms with E-state index in [1.54, 1.807) is 23.7 Å². The minimum atomic E-state index is -0.667. The van der Waals surface area contributed by atoms with Crippen molar-refractivity contribution >= 4 is 22.9 Å². The minimum absolute atomic E-state index is 0.164. The molecule has 0 spiro atoms. The van der Waals surface area contributed by atoms with E-state index in [2.05, 4.69) is 10.3 Å². The summed E-state index contributed by atoms with van der Waals surface area (Å²) < 4.78 is 11.3. The molecular weight excluding hydrogens is 276 g/mol.